The highest BCUT2D eigenvalue weighted by Crippen LogP contribution is 1.87. The molecule has 0 aliphatic rings. The normalized spacial score (nSPS) is 33.5. The van der Waals surface area contributed by atoms with Crippen molar-refractivity contribution in [3.8, 4) is 0 Å². The second-order valence-corrected chi connectivity index (χ2v) is 0.810. The number of carbonyl (C=O) groups excluding carboxylic acids is 1. The molecular formula is C5H10O. The average Bonchev–Trinajstić information content (AvgIpc) is 1.84. The molecule has 0 saturated heterocycles. The van der Waals surface area contributed by atoms with Crippen LogP contribution >= 0.6 is 0 Å². The summed E-state index contributed by atoms with van der Waals surface area (Å²) in [6.07, 6.45) is -4.34. The lowest BCUT2D eigenvalue weighted by molar-refractivity contribution is -0.107. The van der Waals surface area contributed by atoms with Crippen molar-refractivity contribution in [1.29, 1.82) is 0 Å². The van der Waals surface area contributed by atoms with E-state index >= 15 is 0 Å². The van der Waals surface area contributed by atoms with Crippen molar-refractivity contribution >= 4 is 6.26 Å². The van der Waals surface area contributed by atoms with E-state index in [2.05, 4.69) is 0 Å². The summed E-state index contributed by atoms with van der Waals surface area (Å²) in [6, 6.07) is 0. The van der Waals surface area contributed by atoms with Crippen LogP contribution in [0.5, 0.6) is 0 Å². The van der Waals surface area contributed by atoms with E-state index in [4.69, 9.17) is 5.48 Å². The van der Waals surface area contributed by atoms with Crippen LogP contribution in [0.3, 0.4) is 0 Å². The second-order valence-electron chi connectivity index (χ2n) is 0.810. The van der Waals surface area contributed by atoms with E-state index in [1.165, 1.54) is 6.92 Å². The molecule has 0 aromatic heterocycles. The molecule has 6 heavy (non-hydrogen) atoms. The second kappa shape index (κ2) is 4.67. The fourth-order valence-electron chi connectivity index (χ4n) is 0.136. The van der Waals surface area contributed by atoms with E-state index in [0.717, 1.165) is 0 Å². The van der Waals surface area contributed by atoms with Gasteiger partial charge in [0.05, 0.1) is 0 Å². The van der Waals surface area contributed by atoms with Gasteiger partial charge in [-0.15, -0.1) is 0 Å². The molecule has 0 N–H and O–H groups in total. The van der Waals surface area contributed by atoms with Crippen LogP contribution in [0, 0.1) is 0 Å². The fraction of sp³-hybridized carbons (Fsp3) is 0.800. The highest BCUT2D eigenvalue weighted by atomic mass is 16.1. The van der Waals surface area contributed by atoms with Crippen molar-refractivity contribution in [3.63, 3.8) is 0 Å². The van der Waals surface area contributed by atoms with Crippen LogP contribution in [-0.4, -0.2) is 6.26 Å². The maximum absolute atomic E-state index is 10.2. The summed E-state index contributed by atoms with van der Waals surface area (Å²) >= 11 is 0. The summed E-state index contributed by atoms with van der Waals surface area (Å²) < 4.78 is 27.4. The molecule has 0 fully saturated rings. The molecule has 0 amide bonds. The Morgan fingerprint density at radius 1 is 2.17 bits per heavy atom. The quantitative estimate of drug-likeness (QED) is 0.478. The van der Waals surface area contributed by atoms with Crippen molar-refractivity contribution < 1.29 is 10.3 Å². The third-order valence-corrected chi connectivity index (χ3v) is 0.357. The summed E-state index contributed by atoms with van der Waals surface area (Å²) in [6.45, 7) is 1.43. The van der Waals surface area contributed by atoms with Crippen molar-refractivity contribution in [2.75, 3.05) is 0 Å². The third-order valence-electron chi connectivity index (χ3n) is 0.357. The van der Waals surface area contributed by atoms with E-state index in [-0.39, 0.29) is 0 Å². The van der Waals surface area contributed by atoms with Crippen LogP contribution in [0.4, 0.5) is 0 Å². The average molecular weight is 90.2 g/mol. The zero-order valence-corrected chi connectivity index (χ0v) is 3.64. The topological polar surface area (TPSA) is 17.1 Å². The molecule has 0 aromatic carbocycles. The van der Waals surface area contributed by atoms with E-state index in [1.54, 1.807) is 0 Å². The van der Waals surface area contributed by atoms with Crippen LogP contribution in [-0.2, 0) is 4.79 Å². The van der Waals surface area contributed by atoms with Crippen LogP contribution in [0.25, 0.3) is 0 Å². The van der Waals surface area contributed by atoms with Gasteiger partial charge in [-0.3, -0.25) is 0 Å². The first kappa shape index (κ1) is 1.65. The van der Waals surface area contributed by atoms with Gasteiger partial charge in [-0.05, 0) is 6.40 Å². The van der Waals surface area contributed by atoms with Gasteiger partial charge in [-0.25, -0.2) is 0 Å². The fourth-order valence-corrected chi connectivity index (χ4v) is 0.136. The number of carbonyl (C=O) groups is 1. The third kappa shape index (κ3) is 3.67. The maximum atomic E-state index is 10.2. The van der Waals surface area contributed by atoms with Crippen LogP contribution in [0.1, 0.15) is 31.6 Å². The molecule has 1 heteroatoms. The molecular weight excluding hydrogens is 76.1 g/mol. The largest absolute Gasteiger partial charge is 0.303 e. The predicted octanol–water partition coefficient (Wildman–Crippen LogP) is 1.38. The Morgan fingerprint density at radius 3 is 3.00 bits per heavy atom. The molecule has 0 unspecified atom stereocenters. The zero-order valence-electron chi connectivity index (χ0n) is 7.64. The van der Waals surface area contributed by atoms with Crippen molar-refractivity contribution in [2.45, 2.75) is 26.1 Å². The molecule has 1 nitrogen and oxygen atoms in total. The van der Waals surface area contributed by atoms with Crippen LogP contribution < -0.4 is 0 Å². The number of rotatable bonds is 3. The van der Waals surface area contributed by atoms with Gasteiger partial charge in [-0.2, -0.15) is 0 Å². The minimum Gasteiger partial charge on any atom is -0.303 e. The first-order valence-electron chi connectivity index (χ1n) is 3.97. The van der Waals surface area contributed by atoms with E-state index in [0.29, 0.717) is 0 Å². The van der Waals surface area contributed by atoms with E-state index < -0.39 is 25.5 Å². The molecule has 3 atom stereocenters. The lowest BCUT2D eigenvalue weighted by Crippen LogP contribution is -1.70. The molecule has 0 heterocycles. The number of hydrogen-bond donors (Lipinski definition) is 0. The van der Waals surface area contributed by atoms with Gasteiger partial charge in [-0.1, -0.05) is 13.3 Å². The Labute approximate surface area is 44.0 Å². The summed E-state index contributed by atoms with van der Waals surface area (Å²) in [7, 11) is 0. The molecule has 0 saturated carbocycles. The van der Waals surface area contributed by atoms with Gasteiger partial charge in [0.2, 0.25) is 0 Å². The maximum Gasteiger partial charge on any atom is 0.119 e. The van der Waals surface area contributed by atoms with Gasteiger partial charge >= 0.3 is 0 Å². The number of aldehydes is 1. The van der Waals surface area contributed by atoms with Crippen LogP contribution in [0.15, 0.2) is 0 Å². The lowest BCUT2D eigenvalue weighted by Gasteiger charge is -1.79. The summed E-state index contributed by atoms with van der Waals surface area (Å²) in [4.78, 5) is 10.2. The van der Waals surface area contributed by atoms with Gasteiger partial charge in [0.15, 0.2) is 0 Å². The van der Waals surface area contributed by atoms with Gasteiger partial charge in [0.25, 0.3) is 0 Å². The molecule has 0 radical (unpaired) electrons. The standard InChI is InChI=1S/C5H10O/c1-2-3-4-5-6/h5H,2-4H2,1H3/i2D,3D,4D,5D/t2-,3+,4+/m0/s1. The van der Waals surface area contributed by atoms with Crippen molar-refractivity contribution in [1.82, 2.24) is 0 Å². The minimum atomic E-state index is -1.38. The molecule has 0 spiro atoms. The SMILES string of the molecule is [2H]C(=O)[C@H]([2H])[C@H]([2H])[C@@H]([2H])C. The molecule has 36 valence electrons. The van der Waals surface area contributed by atoms with E-state index in [9.17, 15) is 4.79 Å². The van der Waals surface area contributed by atoms with Crippen LogP contribution in [0.2, 0.25) is 0 Å². The Kier molecular flexibility index (Phi) is 1.28. The summed E-state index contributed by atoms with van der Waals surface area (Å²) in [5.74, 6) is 0. The number of hydrogen-bond acceptors (Lipinski definition) is 1. The van der Waals surface area contributed by atoms with E-state index in [1.807, 2.05) is 0 Å². The van der Waals surface area contributed by atoms with Gasteiger partial charge in [0, 0.05) is 10.5 Å². The Hall–Kier alpha value is -0.330. The summed E-state index contributed by atoms with van der Waals surface area (Å²) in [5, 5.41) is 0. The smallest absolute Gasteiger partial charge is 0.119 e. The first-order valence-corrected chi connectivity index (χ1v) is 1.74. The first-order chi connectivity index (χ1) is 4.46. The molecule has 0 bridgehead atoms. The van der Waals surface area contributed by atoms with Crippen molar-refractivity contribution in [2.24, 2.45) is 0 Å². The summed E-state index contributed by atoms with van der Waals surface area (Å²) in [5.41, 5.74) is 0. The van der Waals surface area contributed by atoms with Gasteiger partial charge < -0.3 is 4.79 Å². The monoisotopic (exact) mass is 90.1 g/mol. The molecule has 0 aromatic rings. The van der Waals surface area contributed by atoms with Crippen molar-refractivity contribution in [3.05, 3.63) is 0 Å². The Bertz CT molecular complexity index is 125. The Morgan fingerprint density at radius 2 is 2.83 bits per heavy atom. The lowest BCUT2D eigenvalue weighted by atomic mass is 10.3. The molecule has 0 rings (SSSR count). The van der Waals surface area contributed by atoms with Gasteiger partial charge in [0.1, 0.15) is 7.63 Å². The minimum absolute atomic E-state index is 0.781. The highest BCUT2D eigenvalue weighted by molar-refractivity contribution is 5.48. The molecule has 0 aliphatic heterocycles. The Balaban J connectivity index is 3.94. The predicted molar refractivity (Wildman–Crippen MR) is 25.6 cm³/mol. The highest BCUT2D eigenvalue weighted by Gasteiger charge is 1.74. The zero-order chi connectivity index (χ0) is 8.31. The molecule has 0 aliphatic carbocycles.